The Morgan fingerprint density at radius 1 is 1.40 bits per heavy atom. The summed E-state index contributed by atoms with van der Waals surface area (Å²) in [6.45, 7) is 10.7. The number of hydrogen-bond donors (Lipinski definition) is 1. The van der Waals surface area contributed by atoms with Gasteiger partial charge in [0.25, 0.3) is 0 Å². The molecular weight excluding hydrogens is 270 g/mol. The van der Waals surface area contributed by atoms with E-state index in [-0.39, 0.29) is 11.5 Å². The van der Waals surface area contributed by atoms with Gasteiger partial charge in [0.2, 0.25) is 0 Å². The van der Waals surface area contributed by atoms with Crippen LogP contribution >= 0.6 is 11.8 Å². The van der Waals surface area contributed by atoms with E-state index >= 15 is 0 Å². The lowest BCUT2D eigenvalue weighted by molar-refractivity contribution is 0.0693. The van der Waals surface area contributed by atoms with Crippen molar-refractivity contribution in [3.8, 4) is 0 Å². The van der Waals surface area contributed by atoms with E-state index in [1.54, 1.807) is 11.8 Å². The zero-order chi connectivity index (χ0) is 15.5. The standard InChI is InChI=1S/C16H25NO2S/c1-7-20-13-10-8-9-12(14(13)15(18)19)17(6)11(2)16(3,4)5/h8-11H,7H2,1-6H3,(H,18,19). The van der Waals surface area contributed by atoms with Crippen molar-refractivity contribution in [2.45, 2.75) is 45.6 Å². The fourth-order valence-electron chi connectivity index (χ4n) is 2.09. The first kappa shape index (κ1) is 16.9. The smallest absolute Gasteiger partial charge is 0.338 e. The lowest BCUT2D eigenvalue weighted by Crippen LogP contribution is -2.40. The molecule has 0 aliphatic carbocycles. The van der Waals surface area contributed by atoms with Gasteiger partial charge in [0.15, 0.2) is 0 Å². The molecule has 0 amide bonds. The Kier molecular flexibility index (Phi) is 5.51. The number of carbonyl (C=O) groups is 1. The number of thioether (sulfide) groups is 1. The van der Waals surface area contributed by atoms with Crippen molar-refractivity contribution in [2.75, 3.05) is 17.7 Å². The molecule has 0 aromatic heterocycles. The largest absolute Gasteiger partial charge is 0.478 e. The van der Waals surface area contributed by atoms with Gasteiger partial charge in [0, 0.05) is 18.0 Å². The molecule has 0 saturated carbocycles. The highest BCUT2D eigenvalue weighted by atomic mass is 32.2. The van der Waals surface area contributed by atoms with Gasteiger partial charge in [-0.15, -0.1) is 11.8 Å². The summed E-state index contributed by atoms with van der Waals surface area (Å²) in [7, 11) is 1.97. The van der Waals surface area contributed by atoms with Gasteiger partial charge in [-0.1, -0.05) is 33.8 Å². The van der Waals surface area contributed by atoms with Crippen LogP contribution in [-0.4, -0.2) is 29.9 Å². The quantitative estimate of drug-likeness (QED) is 0.819. The average Bonchev–Trinajstić information content (AvgIpc) is 2.35. The molecule has 112 valence electrons. The van der Waals surface area contributed by atoms with Crippen LogP contribution in [0.2, 0.25) is 0 Å². The molecule has 1 rings (SSSR count). The van der Waals surface area contributed by atoms with Gasteiger partial charge in [0.1, 0.15) is 0 Å². The maximum atomic E-state index is 11.7. The van der Waals surface area contributed by atoms with Crippen LogP contribution in [0.5, 0.6) is 0 Å². The number of aromatic carboxylic acids is 1. The lowest BCUT2D eigenvalue weighted by atomic mass is 9.86. The second-order valence-electron chi connectivity index (χ2n) is 6.04. The highest BCUT2D eigenvalue weighted by Gasteiger charge is 2.27. The Morgan fingerprint density at radius 3 is 2.45 bits per heavy atom. The molecular formula is C16H25NO2S. The number of anilines is 1. The number of carboxylic acids is 1. The second kappa shape index (κ2) is 6.53. The lowest BCUT2D eigenvalue weighted by Gasteiger charge is -2.37. The number of rotatable bonds is 5. The molecule has 0 aliphatic rings. The second-order valence-corrected chi connectivity index (χ2v) is 7.35. The molecule has 4 heteroatoms. The minimum Gasteiger partial charge on any atom is -0.478 e. The Balaban J connectivity index is 3.30. The van der Waals surface area contributed by atoms with Gasteiger partial charge in [-0.05, 0) is 30.2 Å². The Labute approximate surface area is 126 Å². The van der Waals surface area contributed by atoms with Crippen LogP contribution in [-0.2, 0) is 0 Å². The van der Waals surface area contributed by atoms with Crippen LogP contribution in [0.1, 0.15) is 45.0 Å². The van der Waals surface area contributed by atoms with Gasteiger partial charge in [-0.3, -0.25) is 0 Å². The molecule has 0 fully saturated rings. The Hall–Kier alpha value is -1.16. The van der Waals surface area contributed by atoms with Crippen molar-refractivity contribution in [3.63, 3.8) is 0 Å². The molecule has 1 aromatic carbocycles. The van der Waals surface area contributed by atoms with Crippen LogP contribution in [0, 0.1) is 5.41 Å². The fraction of sp³-hybridized carbons (Fsp3) is 0.562. The minimum absolute atomic E-state index is 0.0818. The summed E-state index contributed by atoms with van der Waals surface area (Å²) in [5.74, 6) is 0.00643. The normalized spacial score (nSPS) is 13.1. The number of benzene rings is 1. The van der Waals surface area contributed by atoms with Gasteiger partial charge in [-0.25, -0.2) is 4.79 Å². The molecule has 3 nitrogen and oxygen atoms in total. The molecule has 0 spiro atoms. The molecule has 1 unspecified atom stereocenters. The number of carboxylic acid groups (broad SMARTS) is 1. The van der Waals surface area contributed by atoms with Crippen molar-refractivity contribution in [3.05, 3.63) is 23.8 Å². The van der Waals surface area contributed by atoms with Crippen molar-refractivity contribution >= 4 is 23.4 Å². The molecule has 1 N–H and O–H groups in total. The van der Waals surface area contributed by atoms with Crippen molar-refractivity contribution < 1.29 is 9.90 Å². The van der Waals surface area contributed by atoms with Crippen molar-refractivity contribution in [2.24, 2.45) is 5.41 Å². The Bertz CT molecular complexity index is 480. The first-order chi connectivity index (χ1) is 9.20. The molecule has 0 heterocycles. The van der Waals surface area contributed by atoms with Gasteiger partial charge < -0.3 is 10.0 Å². The predicted molar refractivity (Wildman–Crippen MR) is 87.1 cm³/mol. The fourth-order valence-corrected chi connectivity index (χ4v) is 2.92. The maximum Gasteiger partial charge on any atom is 0.338 e. The minimum atomic E-state index is -0.857. The molecule has 1 atom stereocenters. The summed E-state index contributed by atoms with van der Waals surface area (Å²) in [5, 5.41) is 9.57. The van der Waals surface area contributed by atoms with Gasteiger partial charge in [-0.2, -0.15) is 0 Å². The number of nitrogens with zero attached hydrogens (tertiary/aromatic N) is 1. The van der Waals surface area contributed by atoms with E-state index < -0.39 is 5.97 Å². The van der Waals surface area contributed by atoms with E-state index in [9.17, 15) is 9.90 Å². The summed E-state index contributed by atoms with van der Waals surface area (Å²) in [4.78, 5) is 14.6. The number of hydrogen-bond acceptors (Lipinski definition) is 3. The summed E-state index contributed by atoms with van der Waals surface area (Å²) >= 11 is 1.57. The van der Waals surface area contributed by atoms with E-state index in [0.29, 0.717) is 5.56 Å². The van der Waals surface area contributed by atoms with Crippen LogP contribution in [0.4, 0.5) is 5.69 Å². The predicted octanol–water partition coefficient (Wildman–Crippen LogP) is 4.37. The third-order valence-corrected chi connectivity index (χ3v) is 4.67. The molecule has 0 aliphatic heterocycles. The zero-order valence-electron chi connectivity index (χ0n) is 13.2. The van der Waals surface area contributed by atoms with Crippen molar-refractivity contribution in [1.29, 1.82) is 0 Å². The van der Waals surface area contributed by atoms with Gasteiger partial charge >= 0.3 is 5.97 Å². The monoisotopic (exact) mass is 295 g/mol. The molecule has 1 aromatic rings. The summed E-state index contributed by atoms with van der Waals surface area (Å²) in [5.41, 5.74) is 1.29. The maximum absolute atomic E-state index is 11.7. The molecule has 0 bridgehead atoms. The van der Waals surface area contributed by atoms with Crippen LogP contribution in [0.15, 0.2) is 23.1 Å². The van der Waals surface area contributed by atoms with E-state index in [4.69, 9.17) is 0 Å². The third-order valence-electron chi connectivity index (χ3n) is 3.73. The van der Waals surface area contributed by atoms with Crippen LogP contribution in [0.25, 0.3) is 0 Å². The van der Waals surface area contributed by atoms with Crippen molar-refractivity contribution in [1.82, 2.24) is 0 Å². The van der Waals surface area contributed by atoms with Crippen LogP contribution < -0.4 is 4.90 Å². The first-order valence-electron chi connectivity index (χ1n) is 6.92. The van der Waals surface area contributed by atoms with E-state index in [1.165, 1.54) is 0 Å². The Morgan fingerprint density at radius 2 is 2.00 bits per heavy atom. The highest BCUT2D eigenvalue weighted by molar-refractivity contribution is 7.99. The van der Waals surface area contributed by atoms with Gasteiger partial charge in [0.05, 0.1) is 11.3 Å². The first-order valence-corrected chi connectivity index (χ1v) is 7.90. The molecule has 0 radical (unpaired) electrons. The average molecular weight is 295 g/mol. The topological polar surface area (TPSA) is 40.5 Å². The summed E-state index contributed by atoms with van der Waals surface area (Å²) in [6, 6.07) is 5.95. The summed E-state index contributed by atoms with van der Waals surface area (Å²) in [6.07, 6.45) is 0. The van der Waals surface area contributed by atoms with Crippen LogP contribution in [0.3, 0.4) is 0 Å². The molecule has 0 saturated heterocycles. The SMILES string of the molecule is CCSc1cccc(N(C)C(C)C(C)(C)C)c1C(=O)O. The zero-order valence-corrected chi connectivity index (χ0v) is 14.0. The summed E-state index contributed by atoms with van der Waals surface area (Å²) < 4.78 is 0. The molecule has 20 heavy (non-hydrogen) atoms. The van der Waals surface area contributed by atoms with E-state index in [0.717, 1.165) is 16.3 Å². The van der Waals surface area contributed by atoms with E-state index in [2.05, 4.69) is 32.6 Å². The highest BCUT2D eigenvalue weighted by Crippen LogP contribution is 2.34. The van der Waals surface area contributed by atoms with E-state index in [1.807, 2.05) is 32.2 Å². The third kappa shape index (κ3) is 3.69.